The Labute approximate surface area is 189 Å². The van der Waals surface area contributed by atoms with Crippen molar-refractivity contribution in [2.24, 2.45) is 0 Å². The summed E-state index contributed by atoms with van der Waals surface area (Å²) in [6, 6.07) is 5.57. The van der Waals surface area contributed by atoms with Gasteiger partial charge in [-0.15, -0.1) is 0 Å². The van der Waals surface area contributed by atoms with Crippen LogP contribution in [0.3, 0.4) is 0 Å². The first-order valence-corrected chi connectivity index (χ1v) is 11.1. The van der Waals surface area contributed by atoms with Crippen LogP contribution in [0.5, 0.6) is 0 Å². The standard InChI is InChI=1S/C23H25FN4O5/c24-14-9-17-18(12-28(23(17)32)19-3-4-21(30)25-22(19)31)20(10-14)27-7-5-26(6-8-27)11-15-1-2-16(13-29)33-15/h1-2,9-10,19,29H,3-8,11-13H2,(H,25,30,31). The Hall–Kier alpha value is -3.24. The van der Waals surface area contributed by atoms with Crippen molar-refractivity contribution < 1.29 is 28.3 Å². The number of imide groups is 1. The highest BCUT2D eigenvalue weighted by atomic mass is 19.1. The number of rotatable bonds is 5. The first-order valence-electron chi connectivity index (χ1n) is 11.1. The molecule has 33 heavy (non-hydrogen) atoms. The van der Waals surface area contributed by atoms with E-state index in [-0.39, 0.29) is 43.4 Å². The van der Waals surface area contributed by atoms with Gasteiger partial charge in [-0.05, 0) is 30.7 Å². The van der Waals surface area contributed by atoms with E-state index >= 15 is 0 Å². The Balaban J connectivity index is 1.30. The Bertz CT molecular complexity index is 1110. The van der Waals surface area contributed by atoms with E-state index in [1.54, 1.807) is 6.07 Å². The molecule has 2 aromatic rings. The molecule has 1 aromatic carbocycles. The van der Waals surface area contributed by atoms with Gasteiger partial charge in [0.15, 0.2) is 0 Å². The summed E-state index contributed by atoms with van der Waals surface area (Å²) < 4.78 is 20.1. The quantitative estimate of drug-likeness (QED) is 0.647. The molecule has 3 aliphatic rings. The number of fused-ring (bicyclic) bond motifs is 1. The number of benzene rings is 1. The van der Waals surface area contributed by atoms with E-state index in [9.17, 15) is 18.8 Å². The lowest BCUT2D eigenvalue weighted by atomic mass is 10.0. The van der Waals surface area contributed by atoms with Crippen molar-refractivity contribution in [2.45, 2.75) is 38.6 Å². The molecule has 174 valence electrons. The fourth-order valence-electron chi connectivity index (χ4n) is 4.85. The number of halogens is 1. The maximum absolute atomic E-state index is 14.5. The van der Waals surface area contributed by atoms with Gasteiger partial charge >= 0.3 is 0 Å². The van der Waals surface area contributed by atoms with E-state index in [1.165, 1.54) is 17.0 Å². The zero-order valence-corrected chi connectivity index (χ0v) is 18.1. The van der Waals surface area contributed by atoms with Crippen molar-refractivity contribution in [2.75, 3.05) is 31.1 Å². The maximum atomic E-state index is 14.5. The van der Waals surface area contributed by atoms with E-state index in [1.807, 2.05) is 6.07 Å². The minimum absolute atomic E-state index is 0.132. The molecule has 3 aliphatic heterocycles. The van der Waals surface area contributed by atoms with Gasteiger partial charge in [-0.25, -0.2) is 4.39 Å². The third kappa shape index (κ3) is 4.11. The fraction of sp³-hybridized carbons (Fsp3) is 0.435. The number of piperidine rings is 1. The van der Waals surface area contributed by atoms with Crippen LogP contribution in [0.4, 0.5) is 10.1 Å². The summed E-state index contributed by atoms with van der Waals surface area (Å²) in [5, 5.41) is 11.4. The summed E-state index contributed by atoms with van der Waals surface area (Å²) in [4.78, 5) is 42.6. The lowest BCUT2D eigenvalue weighted by Crippen LogP contribution is -2.52. The monoisotopic (exact) mass is 456 g/mol. The van der Waals surface area contributed by atoms with Crippen molar-refractivity contribution >= 4 is 23.4 Å². The first-order chi connectivity index (χ1) is 15.9. The highest BCUT2D eigenvalue weighted by Gasteiger charge is 2.41. The topological polar surface area (TPSA) is 106 Å². The highest BCUT2D eigenvalue weighted by molar-refractivity contribution is 6.06. The van der Waals surface area contributed by atoms with Crippen molar-refractivity contribution in [3.05, 3.63) is 52.7 Å². The second-order valence-corrected chi connectivity index (χ2v) is 8.64. The van der Waals surface area contributed by atoms with Gasteiger partial charge in [0.1, 0.15) is 30.0 Å². The van der Waals surface area contributed by atoms with Crippen LogP contribution >= 0.6 is 0 Å². The number of hydrogen-bond donors (Lipinski definition) is 2. The minimum Gasteiger partial charge on any atom is -0.462 e. The van der Waals surface area contributed by atoms with Crippen molar-refractivity contribution in [3.8, 4) is 0 Å². The summed E-state index contributed by atoms with van der Waals surface area (Å²) in [5.74, 6) is -0.376. The number of furan rings is 1. The third-order valence-corrected chi connectivity index (χ3v) is 6.56. The number of piperazine rings is 1. The van der Waals surface area contributed by atoms with E-state index in [4.69, 9.17) is 9.52 Å². The van der Waals surface area contributed by atoms with Crippen LogP contribution < -0.4 is 10.2 Å². The number of carbonyl (C=O) groups is 3. The third-order valence-electron chi connectivity index (χ3n) is 6.56. The number of amides is 3. The lowest BCUT2D eigenvalue weighted by Gasteiger charge is -2.36. The number of carbonyl (C=O) groups excluding carboxylic acids is 3. The molecule has 4 heterocycles. The molecule has 1 unspecified atom stereocenters. The molecule has 3 amide bonds. The van der Waals surface area contributed by atoms with Crippen LogP contribution in [0.15, 0.2) is 28.7 Å². The average Bonchev–Trinajstić information content (AvgIpc) is 3.38. The largest absolute Gasteiger partial charge is 0.462 e. The number of hydrogen-bond acceptors (Lipinski definition) is 7. The van der Waals surface area contributed by atoms with Crippen LogP contribution in [-0.4, -0.2) is 64.8 Å². The van der Waals surface area contributed by atoms with Gasteiger partial charge in [0.2, 0.25) is 11.8 Å². The zero-order chi connectivity index (χ0) is 23.1. The summed E-state index contributed by atoms with van der Waals surface area (Å²) in [7, 11) is 0. The summed E-state index contributed by atoms with van der Waals surface area (Å²) in [6.45, 7) is 3.46. The van der Waals surface area contributed by atoms with Gasteiger partial charge < -0.3 is 19.3 Å². The van der Waals surface area contributed by atoms with Crippen molar-refractivity contribution in [1.29, 1.82) is 0 Å². The summed E-state index contributed by atoms with van der Waals surface area (Å²) in [6.07, 6.45) is 0.445. The smallest absolute Gasteiger partial charge is 0.255 e. The molecular formula is C23H25FN4O5. The van der Waals surface area contributed by atoms with Gasteiger partial charge in [0.25, 0.3) is 5.91 Å². The minimum atomic E-state index is -0.729. The van der Waals surface area contributed by atoms with Crippen LogP contribution in [0.1, 0.15) is 40.3 Å². The lowest BCUT2D eigenvalue weighted by molar-refractivity contribution is -0.136. The van der Waals surface area contributed by atoms with Crippen LogP contribution in [0.25, 0.3) is 0 Å². The normalized spacial score (nSPS) is 21.5. The Morgan fingerprint density at radius 2 is 1.85 bits per heavy atom. The Morgan fingerprint density at radius 1 is 1.09 bits per heavy atom. The first kappa shape index (κ1) is 21.6. The average molecular weight is 456 g/mol. The second-order valence-electron chi connectivity index (χ2n) is 8.64. The van der Waals surface area contributed by atoms with E-state index < -0.39 is 17.8 Å². The fourth-order valence-corrected chi connectivity index (χ4v) is 4.85. The molecular weight excluding hydrogens is 431 g/mol. The molecule has 2 fully saturated rings. The Kier molecular flexibility index (Phi) is 5.63. The van der Waals surface area contributed by atoms with Crippen LogP contribution in [0.2, 0.25) is 0 Å². The van der Waals surface area contributed by atoms with Gasteiger partial charge in [-0.2, -0.15) is 0 Å². The van der Waals surface area contributed by atoms with E-state index in [0.717, 1.165) is 24.4 Å². The van der Waals surface area contributed by atoms with Gasteiger partial charge in [0, 0.05) is 56.0 Å². The van der Waals surface area contributed by atoms with E-state index in [0.29, 0.717) is 31.1 Å². The van der Waals surface area contributed by atoms with Crippen molar-refractivity contribution in [1.82, 2.24) is 15.1 Å². The number of aliphatic hydroxyl groups is 1. The second kappa shape index (κ2) is 8.60. The molecule has 0 saturated carbocycles. The van der Waals surface area contributed by atoms with E-state index in [2.05, 4.69) is 15.1 Å². The molecule has 0 radical (unpaired) electrons. The zero-order valence-electron chi connectivity index (χ0n) is 18.1. The highest BCUT2D eigenvalue weighted by Crippen LogP contribution is 2.35. The molecule has 1 aromatic heterocycles. The molecule has 2 saturated heterocycles. The SMILES string of the molecule is O=C1CCC(N2Cc3c(cc(F)cc3N3CCN(Cc4ccc(CO)o4)CC3)C2=O)C(=O)N1. The predicted octanol–water partition coefficient (Wildman–Crippen LogP) is 0.994. The molecule has 9 nitrogen and oxygen atoms in total. The number of nitrogens with one attached hydrogen (secondary N) is 1. The molecule has 5 rings (SSSR count). The van der Waals surface area contributed by atoms with Gasteiger partial charge in [0.05, 0.1) is 6.54 Å². The van der Waals surface area contributed by atoms with Crippen LogP contribution in [-0.2, 0) is 29.3 Å². The molecule has 10 heteroatoms. The predicted molar refractivity (Wildman–Crippen MR) is 115 cm³/mol. The number of nitrogens with zero attached hydrogens (tertiary/aromatic N) is 3. The Morgan fingerprint density at radius 3 is 2.55 bits per heavy atom. The maximum Gasteiger partial charge on any atom is 0.255 e. The molecule has 0 bridgehead atoms. The molecule has 1 atom stereocenters. The summed E-state index contributed by atoms with van der Waals surface area (Å²) >= 11 is 0. The molecule has 0 spiro atoms. The molecule has 0 aliphatic carbocycles. The number of aliphatic hydroxyl groups excluding tert-OH is 1. The molecule has 2 N–H and O–H groups in total. The number of anilines is 1. The van der Waals surface area contributed by atoms with Gasteiger partial charge in [-0.1, -0.05) is 0 Å². The van der Waals surface area contributed by atoms with Crippen molar-refractivity contribution in [3.63, 3.8) is 0 Å². The van der Waals surface area contributed by atoms with Crippen LogP contribution in [0, 0.1) is 5.82 Å². The summed E-state index contributed by atoms with van der Waals surface area (Å²) in [5.41, 5.74) is 1.68. The van der Waals surface area contributed by atoms with Gasteiger partial charge in [-0.3, -0.25) is 24.6 Å².